The summed E-state index contributed by atoms with van der Waals surface area (Å²) in [5.74, 6) is -0.194. The number of aryl methyl sites for hydroxylation is 1. The maximum absolute atomic E-state index is 11.8. The van der Waals surface area contributed by atoms with Gasteiger partial charge in [-0.25, -0.2) is 0 Å². The van der Waals surface area contributed by atoms with Gasteiger partial charge in [0.15, 0.2) is 0 Å². The van der Waals surface area contributed by atoms with Gasteiger partial charge in [-0.2, -0.15) is 0 Å². The average Bonchev–Trinajstić information content (AvgIpc) is 2.50. The van der Waals surface area contributed by atoms with Crippen molar-refractivity contribution in [2.45, 2.75) is 13.5 Å². The van der Waals surface area contributed by atoms with Crippen LogP contribution in [0.4, 0.5) is 11.4 Å². The Morgan fingerprint density at radius 3 is 2.32 bits per heavy atom. The summed E-state index contributed by atoms with van der Waals surface area (Å²) in [6, 6.07) is 13.8. The minimum atomic E-state index is -0.477. The van der Waals surface area contributed by atoms with E-state index in [9.17, 15) is 14.9 Å². The SMILES string of the molecule is Cc1ccc(CNCC(=O)Nc2ccc([N+](=O)[O-])cc2)cc1. The number of amides is 1. The van der Waals surface area contributed by atoms with Gasteiger partial charge >= 0.3 is 0 Å². The van der Waals surface area contributed by atoms with Crippen LogP contribution in [0.1, 0.15) is 11.1 Å². The summed E-state index contributed by atoms with van der Waals surface area (Å²) in [6.07, 6.45) is 0. The molecule has 0 aromatic heterocycles. The molecule has 1 amide bonds. The number of non-ortho nitro benzene ring substituents is 1. The highest BCUT2D eigenvalue weighted by Crippen LogP contribution is 2.15. The van der Waals surface area contributed by atoms with Crippen molar-refractivity contribution in [1.82, 2.24) is 5.32 Å². The van der Waals surface area contributed by atoms with Crippen LogP contribution in [0.15, 0.2) is 48.5 Å². The normalized spacial score (nSPS) is 10.2. The second-order valence-corrected chi connectivity index (χ2v) is 4.94. The van der Waals surface area contributed by atoms with E-state index in [-0.39, 0.29) is 18.1 Å². The van der Waals surface area contributed by atoms with Crippen molar-refractivity contribution in [1.29, 1.82) is 0 Å². The molecule has 0 aliphatic rings. The Hall–Kier alpha value is -2.73. The van der Waals surface area contributed by atoms with Gasteiger partial charge < -0.3 is 10.6 Å². The molecule has 0 bridgehead atoms. The average molecular weight is 299 g/mol. The molecule has 22 heavy (non-hydrogen) atoms. The molecule has 0 radical (unpaired) electrons. The van der Waals surface area contributed by atoms with Gasteiger partial charge in [-0.15, -0.1) is 0 Å². The van der Waals surface area contributed by atoms with Crippen LogP contribution >= 0.6 is 0 Å². The summed E-state index contributed by atoms with van der Waals surface area (Å²) < 4.78 is 0. The van der Waals surface area contributed by atoms with Crippen LogP contribution in [0.2, 0.25) is 0 Å². The predicted octanol–water partition coefficient (Wildman–Crippen LogP) is 2.63. The number of nitro groups is 1. The summed E-state index contributed by atoms with van der Waals surface area (Å²) >= 11 is 0. The highest BCUT2D eigenvalue weighted by Gasteiger charge is 2.06. The fourth-order valence-electron chi connectivity index (χ4n) is 1.90. The number of benzene rings is 2. The van der Waals surface area contributed by atoms with Crippen molar-refractivity contribution < 1.29 is 9.72 Å². The van der Waals surface area contributed by atoms with Gasteiger partial charge in [0.05, 0.1) is 11.5 Å². The van der Waals surface area contributed by atoms with Crippen molar-refractivity contribution in [3.8, 4) is 0 Å². The van der Waals surface area contributed by atoms with Gasteiger partial charge in [-0.05, 0) is 24.6 Å². The zero-order valence-corrected chi connectivity index (χ0v) is 12.2. The lowest BCUT2D eigenvalue weighted by molar-refractivity contribution is -0.384. The third kappa shape index (κ3) is 4.68. The Morgan fingerprint density at radius 1 is 1.09 bits per heavy atom. The first kappa shape index (κ1) is 15.7. The van der Waals surface area contributed by atoms with Crippen molar-refractivity contribution >= 4 is 17.3 Å². The summed E-state index contributed by atoms with van der Waals surface area (Å²) in [5.41, 5.74) is 2.83. The van der Waals surface area contributed by atoms with Crippen LogP contribution in [0, 0.1) is 17.0 Å². The summed E-state index contributed by atoms with van der Waals surface area (Å²) in [4.78, 5) is 21.8. The molecular weight excluding hydrogens is 282 g/mol. The Kier molecular flexibility index (Phi) is 5.21. The predicted molar refractivity (Wildman–Crippen MR) is 84.6 cm³/mol. The molecule has 0 aliphatic carbocycles. The lowest BCUT2D eigenvalue weighted by atomic mass is 10.1. The van der Waals surface area contributed by atoms with E-state index >= 15 is 0 Å². The maximum atomic E-state index is 11.8. The standard InChI is InChI=1S/C16H17N3O3/c1-12-2-4-13(5-3-12)10-17-11-16(20)18-14-6-8-15(9-7-14)19(21)22/h2-9,17H,10-11H2,1H3,(H,18,20). The number of carbonyl (C=O) groups is 1. The lowest BCUT2D eigenvalue weighted by Gasteiger charge is -2.07. The molecule has 0 unspecified atom stereocenters. The van der Waals surface area contributed by atoms with Crippen LogP contribution in [0.25, 0.3) is 0 Å². The molecule has 0 saturated carbocycles. The van der Waals surface area contributed by atoms with E-state index in [1.807, 2.05) is 31.2 Å². The van der Waals surface area contributed by atoms with Crippen molar-refractivity contribution in [2.75, 3.05) is 11.9 Å². The highest BCUT2D eigenvalue weighted by atomic mass is 16.6. The van der Waals surface area contributed by atoms with E-state index in [0.29, 0.717) is 12.2 Å². The van der Waals surface area contributed by atoms with Crippen molar-refractivity contribution in [3.05, 3.63) is 69.8 Å². The van der Waals surface area contributed by atoms with E-state index in [1.54, 1.807) is 0 Å². The minimum absolute atomic E-state index is 0.00417. The number of carbonyl (C=O) groups excluding carboxylic acids is 1. The van der Waals surface area contributed by atoms with Crippen LogP contribution in [-0.2, 0) is 11.3 Å². The number of nitrogens with zero attached hydrogens (tertiary/aromatic N) is 1. The van der Waals surface area contributed by atoms with Crippen molar-refractivity contribution in [3.63, 3.8) is 0 Å². The first-order valence-corrected chi connectivity index (χ1v) is 6.85. The molecule has 6 nitrogen and oxygen atoms in total. The van der Waals surface area contributed by atoms with E-state index in [0.717, 1.165) is 5.56 Å². The molecule has 114 valence electrons. The monoisotopic (exact) mass is 299 g/mol. The number of hydrogen-bond donors (Lipinski definition) is 2. The maximum Gasteiger partial charge on any atom is 0.269 e. The number of nitrogens with one attached hydrogen (secondary N) is 2. The molecule has 0 spiro atoms. The van der Waals surface area contributed by atoms with Crippen LogP contribution < -0.4 is 10.6 Å². The van der Waals surface area contributed by atoms with E-state index < -0.39 is 4.92 Å². The third-order valence-corrected chi connectivity index (χ3v) is 3.10. The second kappa shape index (κ2) is 7.33. The van der Waals surface area contributed by atoms with Gasteiger partial charge in [-0.3, -0.25) is 14.9 Å². The number of nitro benzene ring substituents is 1. The molecule has 0 atom stereocenters. The molecule has 2 aromatic carbocycles. The molecule has 0 saturated heterocycles. The largest absolute Gasteiger partial charge is 0.325 e. The second-order valence-electron chi connectivity index (χ2n) is 4.94. The lowest BCUT2D eigenvalue weighted by Crippen LogP contribution is -2.27. The fourth-order valence-corrected chi connectivity index (χ4v) is 1.90. The molecule has 2 rings (SSSR count). The Labute approximate surface area is 128 Å². The molecule has 2 N–H and O–H groups in total. The van der Waals surface area contributed by atoms with Gasteiger partial charge in [0.2, 0.25) is 5.91 Å². The quantitative estimate of drug-likeness (QED) is 0.634. The van der Waals surface area contributed by atoms with Gasteiger partial charge in [0, 0.05) is 24.4 Å². The molecule has 0 aliphatic heterocycles. The Bertz CT molecular complexity index is 651. The molecule has 0 fully saturated rings. The highest BCUT2D eigenvalue weighted by molar-refractivity contribution is 5.92. The summed E-state index contributed by atoms with van der Waals surface area (Å²) in [6.45, 7) is 2.80. The van der Waals surface area contributed by atoms with E-state index in [2.05, 4.69) is 10.6 Å². The van der Waals surface area contributed by atoms with Crippen LogP contribution in [0.5, 0.6) is 0 Å². The summed E-state index contributed by atoms with van der Waals surface area (Å²) in [5, 5.41) is 16.3. The Balaban J connectivity index is 1.77. The van der Waals surface area contributed by atoms with E-state index in [4.69, 9.17) is 0 Å². The third-order valence-electron chi connectivity index (χ3n) is 3.10. The summed E-state index contributed by atoms with van der Waals surface area (Å²) in [7, 11) is 0. The zero-order valence-electron chi connectivity index (χ0n) is 12.2. The topological polar surface area (TPSA) is 84.3 Å². The molecular formula is C16H17N3O3. The molecule has 0 heterocycles. The molecule has 6 heteroatoms. The first-order chi connectivity index (χ1) is 10.5. The van der Waals surface area contributed by atoms with E-state index in [1.165, 1.54) is 29.8 Å². The zero-order chi connectivity index (χ0) is 15.9. The Morgan fingerprint density at radius 2 is 1.73 bits per heavy atom. The van der Waals surface area contributed by atoms with Crippen LogP contribution in [-0.4, -0.2) is 17.4 Å². The molecule has 2 aromatic rings. The van der Waals surface area contributed by atoms with Crippen molar-refractivity contribution in [2.24, 2.45) is 0 Å². The van der Waals surface area contributed by atoms with Crippen LogP contribution in [0.3, 0.4) is 0 Å². The minimum Gasteiger partial charge on any atom is -0.325 e. The van der Waals surface area contributed by atoms with Gasteiger partial charge in [0.25, 0.3) is 5.69 Å². The smallest absolute Gasteiger partial charge is 0.269 e. The number of anilines is 1. The first-order valence-electron chi connectivity index (χ1n) is 6.85. The van der Waals surface area contributed by atoms with Gasteiger partial charge in [-0.1, -0.05) is 29.8 Å². The number of hydrogen-bond acceptors (Lipinski definition) is 4. The fraction of sp³-hybridized carbons (Fsp3) is 0.188. The van der Waals surface area contributed by atoms with Gasteiger partial charge in [0.1, 0.15) is 0 Å². The number of rotatable bonds is 6.